The molecule has 0 spiro atoms. The maximum absolute atomic E-state index is 5.93. The van der Waals surface area contributed by atoms with Crippen molar-refractivity contribution in [3.63, 3.8) is 0 Å². The number of nitrogens with one attached hydrogen (secondary N) is 2. The lowest BCUT2D eigenvalue weighted by Crippen LogP contribution is -2.25. The smallest absolute Gasteiger partial charge is 0.0767 e. The molecule has 3 aliphatic heterocycles. The van der Waals surface area contributed by atoms with Crippen molar-refractivity contribution in [3.05, 3.63) is 151 Å². The summed E-state index contributed by atoms with van der Waals surface area (Å²) in [5.74, 6) is 0.154. The maximum Gasteiger partial charge on any atom is 0.0767 e. The number of fused-ring (bicyclic) bond motifs is 6. The number of benzene rings is 2. The van der Waals surface area contributed by atoms with E-state index in [1.165, 1.54) is 95.4 Å². The van der Waals surface area contributed by atoms with Crippen LogP contribution in [-0.4, -0.2) is 21.4 Å². The zero-order valence-electron chi connectivity index (χ0n) is 35.7. The van der Waals surface area contributed by atoms with Crippen molar-refractivity contribution in [1.29, 1.82) is 0 Å². The number of unbranched alkanes of at least 4 members (excludes halogenated alkanes) is 1. The average Bonchev–Trinajstić information content (AvgIpc) is 3.98. The van der Waals surface area contributed by atoms with Gasteiger partial charge in [-0.15, -0.1) is 0 Å². The Kier molecular flexibility index (Phi) is 12.1. The van der Waals surface area contributed by atoms with Crippen molar-refractivity contribution in [2.45, 2.75) is 139 Å². The maximum atomic E-state index is 5.93. The van der Waals surface area contributed by atoms with Gasteiger partial charge in [-0.25, -0.2) is 0 Å². The highest BCUT2D eigenvalue weighted by Crippen LogP contribution is 2.47. The molecule has 0 radical (unpaired) electrons. The first-order valence-corrected chi connectivity index (χ1v) is 22.1. The van der Waals surface area contributed by atoms with E-state index in [2.05, 4.69) is 139 Å². The van der Waals surface area contributed by atoms with E-state index in [1.54, 1.807) is 0 Å². The molecule has 0 fully saturated rings. The molecule has 4 aromatic rings. The number of H-pyrrole nitrogens is 2. The Labute approximate surface area is 337 Å². The Hall–Kier alpha value is -4.70. The summed E-state index contributed by atoms with van der Waals surface area (Å²) in [6, 6.07) is 22.3. The third-order valence-electron chi connectivity index (χ3n) is 12.8. The Morgan fingerprint density at radius 3 is 1.68 bits per heavy atom. The molecular weight excluding hydrogens is 681 g/mol. The molecule has 0 amide bonds. The van der Waals surface area contributed by atoms with E-state index < -0.39 is 0 Å². The molecule has 292 valence electrons. The number of hydrogen-bond donors (Lipinski definition) is 2. The van der Waals surface area contributed by atoms with Crippen LogP contribution < -0.4 is 0 Å². The molecule has 0 aliphatic carbocycles. The summed E-state index contributed by atoms with van der Waals surface area (Å²) in [6.45, 7) is 21.0. The van der Waals surface area contributed by atoms with Crippen molar-refractivity contribution in [3.8, 4) is 0 Å². The zero-order valence-corrected chi connectivity index (χ0v) is 35.7. The second-order valence-corrected chi connectivity index (χ2v) is 15.7. The summed E-state index contributed by atoms with van der Waals surface area (Å²) in [5.41, 5.74) is 24.9. The van der Waals surface area contributed by atoms with Gasteiger partial charge < -0.3 is 9.97 Å². The third kappa shape index (κ3) is 6.67. The van der Waals surface area contributed by atoms with Crippen molar-refractivity contribution in [2.24, 2.45) is 15.9 Å². The van der Waals surface area contributed by atoms with Crippen LogP contribution in [0, 0.1) is 5.92 Å². The van der Waals surface area contributed by atoms with Crippen LogP contribution in [0.15, 0.2) is 104 Å². The van der Waals surface area contributed by atoms with Gasteiger partial charge in [0.2, 0.25) is 0 Å². The summed E-state index contributed by atoms with van der Waals surface area (Å²) >= 11 is 0. The van der Waals surface area contributed by atoms with Crippen molar-refractivity contribution >= 4 is 23.1 Å². The molecule has 2 aromatic heterocycles. The molecule has 56 heavy (non-hydrogen) atoms. The van der Waals surface area contributed by atoms with Crippen LogP contribution in [0.4, 0.5) is 0 Å². The summed E-state index contributed by atoms with van der Waals surface area (Å²) in [7, 11) is 0. The van der Waals surface area contributed by atoms with Crippen LogP contribution in [0.3, 0.4) is 0 Å². The Morgan fingerprint density at radius 2 is 1.09 bits per heavy atom. The SMILES string of the molecule is CCCC[C@@H]1C2=NC(=Cc3[nH]c(c(CC)c3CC)[C@H](c3ccccc3)c3[nH]c(c(CC)c3CC)/C(c3ccccc3)=C3\N=C1C(CC)=C3CC)C(CC)=C2CC. The van der Waals surface area contributed by atoms with Crippen LogP contribution in [0.2, 0.25) is 0 Å². The number of nitrogens with zero attached hydrogens (tertiary/aromatic N) is 2. The number of hydrogen-bond acceptors (Lipinski definition) is 2. The molecule has 0 saturated heterocycles. The number of aliphatic imine (C=N–C) groups is 2. The monoisotopic (exact) mass is 745 g/mol. The molecular formula is C52H64N4. The molecule has 0 unspecified atom stereocenters. The van der Waals surface area contributed by atoms with Gasteiger partial charge in [-0.3, -0.25) is 9.98 Å². The summed E-state index contributed by atoms with van der Waals surface area (Å²) < 4.78 is 0. The molecule has 5 heterocycles. The van der Waals surface area contributed by atoms with Crippen molar-refractivity contribution in [2.75, 3.05) is 0 Å². The lowest BCUT2D eigenvalue weighted by Gasteiger charge is -2.21. The molecule has 3 aliphatic rings. The van der Waals surface area contributed by atoms with E-state index in [9.17, 15) is 0 Å². The molecule has 7 rings (SSSR count). The molecule has 4 heteroatoms. The normalized spacial score (nSPS) is 19.6. The largest absolute Gasteiger partial charge is 0.358 e. The molecule has 2 N–H and O–H groups in total. The average molecular weight is 745 g/mol. The van der Waals surface area contributed by atoms with E-state index in [4.69, 9.17) is 9.98 Å². The fraction of sp³-hybridized carbons (Fsp3) is 0.423. The van der Waals surface area contributed by atoms with E-state index >= 15 is 0 Å². The quantitative estimate of drug-likeness (QED) is 0.137. The van der Waals surface area contributed by atoms with E-state index in [0.29, 0.717) is 0 Å². The first-order valence-electron chi connectivity index (χ1n) is 22.1. The van der Waals surface area contributed by atoms with Crippen molar-refractivity contribution < 1.29 is 0 Å². The van der Waals surface area contributed by atoms with Crippen LogP contribution >= 0.6 is 0 Å². The number of aromatic nitrogens is 2. The molecule has 8 bridgehead atoms. The van der Waals surface area contributed by atoms with E-state index in [1.807, 2.05) is 0 Å². The molecule has 0 saturated carbocycles. The van der Waals surface area contributed by atoms with Crippen LogP contribution in [0.1, 0.15) is 169 Å². The van der Waals surface area contributed by atoms with Gasteiger partial charge in [-0.05, 0) is 120 Å². The first-order chi connectivity index (χ1) is 27.4. The number of aromatic amines is 2. The van der Waals surface area contributed by atoms with Gasteiger partial charge in [0.15, 0.2) is 0 Å². The predicted octanol–water partition coefficient (Wildman–Crippen LogP) is 13.8. The molecule has 2 aromatic carbocycles. The lowest BCUT2D eigenvalue weighted by molar-refractivity contribution is 0.683. The van der Waals surface area contributed by atoms with Crippen LogP contribution in [0.25, 0.3) is 11.6 Å². The minimum absolute atomic E-state index is 0.0102. The standard InChI is InChI=1S/C52H64N4/c1-10-19-30-42-47-36(13-4)34(11-2)43(53-47)31-44-35(12-3)37(14-5)49(54-44)45(32-26-22-20-23-27-32)51-40(17-8)41(18-9)52(56-51)46(33-28-24-21-25-29-33)50-39(16-7)38(15-6)48(42)55-50/h20-29,31,42,45,54,56H,10-19,30H2,1-9H3/b43-31?,50-46-/t42-,45+/m1/s1. The highest BCUT2D eigenvalue weighted by molar-refractivity contribution is 6.23. The minimum atomic E-state index is 0.0102. The summed E-state index contributed by atoms with van der Waals surface area (Å²) in [6.07, 6.45) is 13.4. The van der Waals surface area contributed by atoms with E-state index in [-0.39, 0.29) is 11.8 Å². The second kappa shape index (κ2) is 17.2. The first kappa shape index (κ1) is 39.5. The van der Waals surface area contributed by atoms with Gasteiger partial charge in [-0.2, -0.15) is 0 Å². The highest BCUT2D eigenvalue weighted by Gasteiger charge is 2.38. The lowest BCUT2D eigenvalue weighted by atomic mass is 9.82. The number of rotatable bonds is 13. The minimum Gasteiger partial charge on any atom is -0.358 e. The Balaban J connectivity index is 1.70. The fourth-order valence-corrected chi connectivity index (χ4v) is 10.3. The third-order valence-corrected chi connectivity index (χ3v) is 12.8. The van der Waals surface area contributed by atoms with Gasteiger partial charge in [0.25, 0.3) is 0 Å². The number of allylic oxidation sites excluding steroid dienone is 4. The Bertz CT molecular complexity index is 2260. The van der Waals surface area contributed by atoms with Gasteiger partial charge in [0.1, 0.15) is 0 Å². The second-order valence-electron chi connectivity index (χ2n) is 15.7. The van der Waals surface area contributed by atoms with E-state index in [0.717, 1.165) is 82.0 Å². The summed E-state index contributed by atoms with van der Waals surface area (Å²) in [5, 5.41) is 0. The van der Waals surface area contributed by atoms with Crippen LogP contribution in [-0.2, 0) is 25.7 Å². The fourth-order valence-electron chi connectivity index (χ4n) is 10.3. The highest BCUT2D eigenvalue weighted by atomic mass is 14.9. The van der Waals surface area contributed by atoms with Crippen molar-refractivity contribution in [1.82, 2.24) is 9.97 Å². The predicted molar refractivity (Wildman–Crippen MR) is 240 cm³/mol. The summed E-state index contributed by atoms with van der Waals surface area (Å²) in [4.78, 5) is 20.1. The molecule has 4 nitrogen and oxygen atoms in total. The van der Waals surface area contributed by atoms with Crippen LogP contribution in [0.5, 0.6) is 0 Å². The van der Waals surface area contributed by atoms with Gasteiger partial charge in [-0.1, -0.05) is 136 Å². The van der Waals surface area contributed by atoms with Gasteiger partial charge in [0, 0.05) is 28.6 Å². The zero-order chi connectivity index (χ0) is 39.5. The molecule has 2 atom stereocenters. The van der Waals surface area contributed by atoms with Gasteiger partial charge in [0.05, 0.1) is 34.4 Å². The topological polar surface area (TPSA) is 56.3 Å². The Morgan fingerprint density at radius 1 is 0.536 bits per heavy atom. The van der Waals surface area contributed by atoms with Gasteiger partial charge >= 0.3 is 0 Å².